The molecule has 0 aliphatic rings. The standard InChI is InChI=1S/C8H15Br3O/c1-2-3-4-5-7(9)8(10,11)6-12/h7,12H,2-6H2,1H3. The first kappa shape index (κ1) is 13.4. The second-order valence-electron chi connectivity index (χ2n) is 2.88. The smallest absolute Gasteiger partial charge is 0.116 e. The SMILES string of the molecule is CCCCCC(Br)C(Br)(Br)CO. The summed E-state index contributed by atoms with van der Waals surface area (Å²) < 4.78 is -0.353. The summed E-state index contributed by atoms with van der Waals surface area (Å²) in [6, 6.07) is 0. The highest BCUT2D eigenvalue weighted by Gasteiger charge is 2.30. The van der Waals surface area contributed by atoms with Crippen molar-refractivity contribution in [2.45, 2.75) is 40.7 Å². The molecule has 4 heteroatoms. The molecule has 0 heterocycles. The summed E-state index contributed by atoms with van der Waals surface area (Å²) in [4.78, 5) is 0.279. The Balaban J connectivity index is 3.63. The van der Waals surface area contributed by atoms with E-state index >= 15 is 0 Å². The highest BCUT2D eigenvalue weighted by atomic mass is 79.9. The second-order valence-corrected chi connectivity index (χ2v) is 7.88. The first-order valence-electron chi connectivity index (χ1n) is 4.17. The fourth-order valence-corrected chi connectivity index (χ4v) is 1.81. The first-order chi connectivity index (χ1) is 5.54. The normalized spacial score (nSPS) is 14.8. The highest BCUT2D eigenvalue weighted by molar-refractivity contribution is 9.26. The lowest BCUT2D eigenvalue weighted by atomic mass is 10.1. The van der Waals surface area contributed by atoms with E-state index in [1.807, 2.05) is 0 Å². The minimum Gasteiger partial charge on any atom is -0.394 e. The Kier molecular flexibility index (Phi) is 7.59. The number of hydrogen-bond donors (Lipinski definition) is 1. The van der Waals surface area contributed by atoms with Crippen molar-refractivity contribution >= 4 is 47.8 Å². The second kappa shape index (κ2) is 6.80. The Morgan fingerprint density at radius 1 is 1.33 bits per heavy atom. The van der Waals surface area contributed by atoms with Gasteiger partial charge in [0.25, 0.3) is 0 Å². The molecule has 0 aliphatic carbocycles. The number of hydrogen-bond acceptors (Lipinski definition) is 1. The van der Waals surface area contributed by atoms with Crippen LogP contribution in [0, 0.1) is 0 Å². The molecule has 0 aromatic rings. The van der Waals surface area contributed by atoms with Crippen LogP contribution in [-0.4, -0.2) is 19.8 Å². The first-order valence-corrected chi connectivity index (χ1v) is 6.67. The van der Waals surface area contributed by atoms with Gasteiger partial charge in [0.1, 0.15) is 3.23 Å². The van der Waals surface area contributed by atoms with Crippen LogP contribution in [-0.2, 0) is 0 Å². The van der Waals surface area contributed by atoms with Crippen LogP contribution < -0.4 is 0 Å². The summed E-state index contributed by atoms with van der Waals surface area (Å²) in [5.74, 6) is 0. The van der Waals surface area contributed by atoms with Gasteiger partial charge >= 0.3 is 0 Å². The average Bonchev–Trinajstić information content (AvgIpc) is 2.05. The Morgan fingerprint density at radius 3 is 2.33 bits per heavy atom. The average molecular weight is 367 g/mol. The van der Waals surface area contributed by atoms with Crippen LogP contribution in [0.4, 0.5) is 0 Å². The van der Waals surface area contributed by atoms with Gasteiger partial charge in [-0.25, -0.2) is 0 Å². The van der Waals surface area contributed by atoms with Crippen molar-refractivity contribution < 1.29 is 5.11 Å². The molecule has 0 radical (unpaired) electrons. The van der Waals surface area contributed by atoms with Crippen molar-refractivity contribution in [3.8, 4) is 0 Å². The monoisotopic (exact) mass is 364 g/mol. The summed E-state index contributed by atoms with van der Waals surface area (Å²) in [5.41, 5.74) is 0. The van der Waals surface area contributed by atoms with Gasteiger partial charge in [-0.2, -0.15) is 0 Å². The van der Waals surface area contributed by atoms with E-state index < -0.39 is 0 Å². The van der Waals surface area contributed by atoms with Gasteiger partial charge in [0.05, 0.1) is 6.61 Å². The van der Waals surface area contributed by atoms with Crippen LogP contribution in [0.15, 0.2) is 0 Å². The summed E-state index contributed by atoms with van der Waals surface area (Å²) in [6.45, 7) is 2.28. The quantitative estimate of drug-likeness (QED) is 0.560. The summed E-state index contributed by atoms with van der Waals surface area (Å²) in [5, 5.41) is 9.00. The summed E-state index contributed by atoms with van der Waals surface area (Å²) in [7, 11) is 0. The minimum atomic E-state index is -0.353. The number of halogens is 3. The molecule has 74 valence electrons. The lowest BCUT2D eigenvalue weighted by molar-refractivity contribution is 0.285. The van der Waals surface area contributed by atoms with Gasteiger partial charge in [-0.3, -0.25) is 0 Å². The maximum atomic E-state index is 9.00. The van der Waals surface area contributed by atoms with Crippen molar-refractivity contribution in [2.75, 3.05) is 6.61 Å². The van der Waals surface area contributed by atoms with Gasteiger partial charge in [0.2, 0.25) is 0 Å². The molecule has 0 bridgehead atoms. The lowest BCUT2D eigenvalue weighted by Gasteiger charge is -2.23. The van der Waals surface area contributed by atoms with Crippen LogP contribution in [0.1, 0.15) is 32.6 Å². The third kappa shape index (κ3) is 5.20. The Labute approximate surface area is 99.7 Å². The molecule has 0 spiro atoms. The van der Waals surface area contributed by atoms with Crippen molar-refractivity contribution in [3.05, 3.63) is 0 Å². The van der Waals surface area contributed by atoms with E-state index in [1.165, 1.54) is 19.3 Å². The third-order valence-corrected chi connectivity index (χ3v) is 5.81. The number of unbranched alkanes of at least 4 members (excludes halogenated alkanes) is 2. The predicted molar refractivity (Wildman–Crippen MR) is 64.5 cm³/mol. The molecular weight excluding hydrogens is 352 g/mol. The Hall–Kier alpha value is 1.40. The van der Waals surface area contributed by atoms with Gasteiger partial charge in [0, 0.05) is 4.83 Å². The van der Waals surface area contributed by atoms with Crippen molar-refractivity contribution in [1.29, 1.82) is 0 Å². The van der Waals surface area contributed by atoms with Gasteiger partial charge in [-0.15, -0.1) is 0 Å². The maximum Gasteiger partial charge on any atom is 0.116 e. The molecule has 1 N–H and O–H groups in total. The molecule has 1 nitrogen and oxygen atoms in total. The van der Waals surface area contributed by atoms with Gasteiger partial charge < -0.3 is 5.11 Å². The zero-order valence-electron chi connectivity index (χ0n) is 7.19. The Morgan fingerprint density at radius 2 is 1.92 bits per heavy atom. The number of rotatable bonds is 6. The number of alkyl halides is 3. The zero-order chi connectivity index (χ0) is 9.61. The molecule has 0 amide bonds. The largest absolute Gasteiger partial charge is 0.394 e. The van der Waals surface area contributed by atoms with Gasteiger partial charge in [0.15, 0.2) is 0 Å². The number of aliphatic hydroxyl groups is 1. The van der Waals surface area contributed by atoms with Crippen LogP contribution in [0.5, 0.6) is 0 Å². The molecule has 0 aromatic heterocycles. The molecule has 0 aliphatic heterocycles. The van der Waals surface area contributed by atoms with Crippen molar-refractivity contribution in [3.63, 3.8) is 0 Å². The number of aliphatic hydroxyl groups excluding tert-OH is 1. The van der Waals surface area contributed by atoms with Crippen LogP contribution in [0.2, 0.25) is 0 Å². The van der Waals surface area contributed by atoms with Crippen LogP contribution >= 0.6 is 47.8 Å². The van der Waals surface area contributed by atoms with E-state index in [4.69, 9.17) is 5.11 Å². The van der Waals surface area contributed by atoms with Crippen molar-refractivity contribution in [1.82, 2.24) is 0 Å². The summed E-state index contributed by atoms with van der Waals surface area (Å²) in [6.07, 6.45) is 4.76. The zero-order valence-corrected chi connectivity index (χ0v) is 12.0. The molecule has 0 saturated heterocycles. The van der Waals surface area contributed by atoms with E-state index in [2.05, 4.69) is 54.7 Å². The van der Waals surface area contributed by atoms with E-state index in [9.17, 15) is 0 Å². The summed E-state index contributed by atoms with van der Waals surface area (Å²) >= 11 is 10.4. The fraction of sp³-hybridized carbons (Fsp3) is 1.00. The molecule has 0 aromatic carbocycles. The third-order valence-electron chi connectivity index (χ3n) is 1.73. The molecule has 0 saturated carbocycles. The molecular formula is C8H15Br3O. The van der Waals surface area contributed by atoms with E-state index in [-0.39, 0.29) is 14.7 Å². The van der Waals surface area contributed by atoms with Crippen LogP contribution in [0.3, 0.4) is 0 Å². The van der Waals surface area contributed by atoms with Crippen LogP contribution in [0.25, 0.3) is 0 Å². The van der Waals surface area contributed by atoms with Gasteiger partial charge in [-0.05, 0) is 6.42 Å². The maximum absolute atomic E-state index is 9.00. The van der Waals surface area contributed by atoms with E-state index in [0.717, 1.165) is 6.42 Å². The minimum absolute atomic E-state index is 0.0923. The molecule has 0 rings (SSSR count). The van der Waals surface area contributed by atoms with Crippen molar-refractivity contribution in [2.24, 2.45) is 0 Å². The highest BCUT2D eigenvalue weighted by Crippen LogP contribution is 2.36. The molecule has 12 heavy (non-hydrogen) atoms. The predicted octanol–water partition coefficient (Wildman–Crippen LogP) is 3.81. The lowest BCUT2D eigenvalue weighted by Crippen LogP contribution is -2.28. The topological polar surface area (TPSA) is 20.2 Å². The van der Waals surface area contributed by atoms with Gasteiger partial charge in [-0.1, -0.05) is 74.0 Å². The van der Waals surface area contributed by atoms with E-state index in [1.54, 1.807) is 0 Å². The molecule has 0 fully saturated rings. The molecule has 1 atom stereocenters. The van der Waals surface area contributed by atoms with E-state index in [0.29, 0.717) is 0 Å². The Bertz CT molecular complexity index is 117. The fourth-order valence-electron chi connectivity index (χ4n) is 0.884. The molecule has 1 unspecified atom stereocenters.